The minimum atomic E-state index is -4.53. The molecule has 1 aromatic rings. The molecule has 26 heavy (non-hydrogen) atoms. The highest BCUT2D eigenvalue weighted by Crippen LogP contribution is 2.27. The number of nitrogens with two attached hydrogens (primary N) is 1. The van der Waals surface area contributed by atoms with Crippen LogP contribution in [-0.4, -0.2) is 54.7 Å². The van der Waals surface area contributed by atoms with Crippen molar-refractivity contribution in [3.63, 3.8) is 0 Å². The van der Waals surface area contributed by atoms with Gasteiger partial charge < -0.3 is 11.1 Å². The second-order valence-corrected chi connectivity index (χ2v) is 6.10. The zero-order valence-corrected chi connectivity index (χ0v) is 14.9. The maximum Gasteiger partial charge on any atom is 0.405 e. The van der Waals surface area contributed by atoms with E-state index in [0.29, 0.717) is 13.1 Å². The van der Waals surface area contributed by atoms with Gasteiger partial charge in [0, 0.05) is 25.0 Å². The first-order valence-corrected chi connectivity index (χ1v) is 7.87. The van der Waals surface area contributed by atoms with Gasteiger partial charge in [-0.2, -0.15) is 13.2 Å². The molecule has 1 fully saturated rings. The Bertz CT molecular complexity index is 615. The van der Waals surface area contributed by atoms with Gasteiger partial charge in [-0.1, -0.05) is 30.3 Å². The summed E-state index contributed by atoms with van der Waals surface area (Å²) in [5, 5.41) is 3.53. The third-order valence-corrected chi connectivity index (χ3v) is 4.23. The number of alkyl halides is 3. The molecule has 0 aromatic heterocycles. The number of halogens is 4. The molecule has 1 saturated heterocycles. The Morgan fingerprint density at radius 2 is 1.88 bits per heavy atom. The normalized spacial score (nSPS) is 21.6. The van der Waals surface area contributed by atoms with Crippen molar-refractivity contribution in [2.75, 3.05) is 19.6 Å². The van der Waals surface area contributed by atoms with Crippen LogP contribution in [0.1, 0.15) is 18.4 Å². The molecule has 0 radical (unpaired) electrons. The maximum atomic E-state index is 12.1. The van der Waals surface area contributed by atoms with Crippen LogP contribution in [0.2, 0.25) is 0 Å². The Morgan fingerprint density at radius 3 is 2.46 bits per heavy atom. The number of hydrogen-bond donors (Lipinski definition) is 3. The third kappa shape index (κ3) is 6.15. The zero-order valence-electron chi connectivity index (χ0n) is 14.1. The van der Waals surface area contributed by atoms with Gasteiger partial charge >= 0.3 is 12.2 Å². The molecule has 6 nitrogen and oxygen atoms in total. The number of amides is 3. The van der Waals surface area contributed by atoms with Crippen molar-refractivity contribution in [1.29, 1.82) is 0 Å². The van der Waals surface area contributed by atoms with E-state index < -0.39 is 30.7 Å². The lowest BCUT2D eigenvalue weighted by atomic mass is 9.95. The van der Waals surface area contributed by atoms with Gasteiger partial charge in [-0.3, -0.25) is 15.0 Å². The molecule has 1 heterocycles. The summed E-state index contributed by atoms with van der Waals surface area (Å²) in [5.41, 5.74) is 7.22. The molecule has 1 aromatic carbocycles. The van der Waals surface area contributed by atoms with Crippen molar-refractivity contribution < 1.29 is 22.8 Å². The second-order valence-electron chi connectivity index (χ2n) is 6.10. The molecule has 1 aliphatic heterocycles. The van der Waals surface area contributed by atoms with E-state index in [9.17, 15) is 22.8 Å². The summed E-state index contributed by atoms with van der Waals surface area (Å²) in [6.07, 6.45) is -4.53. The van der Waals surface area contributed by atoms with Crippen molar-refractivity contribution in [2.45, 2.75) is 31.1 Å². The minimum Gasteiger partial charge on any atom is -0.329 e. The van der Waals surface area contributed by atoms with Gasteiger partial charge in [-0.25, -0.2) is 4.79 Å². The van der Waals surface area contributed by atoms with E-state index in [0.717, 1.165) is 5.56 Å². The number of hydrogen-bond acceptors (Lipinski definition) is 4. The fraction of sp³-hybridized carbons (Fsp3) is 0.500. The number of imide groups is 1. The summed E-state index contributed by atoms with van der Waals surface area (Å²) in [7, 11) is 0. The largest absolute Gasteiger partial charge is 0.405 e. The van der Waals surface area contributed by atoms with Gasteiger partial charge in [0.05, 0.1) is 6.04 Å². The summed E-state index contributed by atoms with van der Waals surface area (Å²) in [4.78, 5) is 25.3. The van der Waals surface area contributed by atoms with E-state index >= 15 is 0 Å². The van der Waals surface area contributed by atoms with Crippen molar-refractivity contribution in [3.8, 4) is 0 Å². The number of rotatable bonds is 4. The van der Waals surface area contributed by atoms with Crippen LogP contribution in [0.4, 0.5) is 18.0 Å². The smallest absolute Gasteiger partial charge is 0.329 e. The van der Waals surface area contributed by atoms with Crippen LogP contribution in [0.3, 0.4) is 0 Å². The number of likely N-dealkylation sites (tertiary alicyclic amines) is 1. The van der Waals surface area contributed by atoms with Gasteiger partial charge in [0.25, 0.3) is 0 Å². The van der Waals surface area contributed by atoms with Crippen LogP contribution < -0.4 is 16.4 Å². The number of carbonyl (C=O) groups is 2. The Balaban J connectivity index is 0.00000338. The van der Waals surface area contributed by atoms with E-state index in [1.165, 1.54) is 0 Å². The molecule has 0 spiro atoms. The van der Waals surface area contributed by atoms with E-state index in [1.54, 1.807) is 12.2 Å². The molecule has 10 heteroatoms. The quantitative estimate of drug-likeness (QED) is 0.724. The lowest BCUT2D eigenvalue weighted by Crippen LogP contribution is -2.50. The van der Waals surface area contributed by atoms with Gasteiger partial charge in [0.15, 0.2) is 0 Å². The molecular weight excluding hydrogens is 373 g/mol. The molecule has 0 saturated carbocycles. The predicted octanol–water partition coefficient (Wildman–Crippen LogP) is 1.61. The summed E-state index contributed by atoms with van der Waals surface area (Å²) in [5.74, 6) is -0.615. The molecule has 1 aliphatic rings. The molecule has 0 aliphatic carbocycles. The molecule has 2 rings (SSSR count). The van der Waals surface area contributed by atoms with Crippen molar-refractivity contribution in [3.05, 3.63) is 35.9 Å². The van der Waals surface area contributed by atoms with Crippen molar-refractivity contribution >= 4 is 24.3 Å². The zero-order chi connectivity index (χ0) is 18.6. The van der Waals surface area contributed by atoms with Crippen molar-refractivity contribution in [2.24, 2.45) is 5.73 Å². The number of nitrogens with zero attached hydrogens (tertiary/aromatic N) is 1. The number of carbonyl (C=O) groups excluding carboxylic acids is 2. The Hall–Kier alpha value is -1.84. The Labute approximate surface area is 155 Å². The lowest BCUT2D eigenvalue weighted by molar-refractivity contribution is -0.126. The number of benzene rings is 1. The number of nitrogens with one attached hydrogen (secondary N) is 2. The highest BCUT2D eigenvalue weighted by Gasteiger charge is 2.36. The second kappa shape index (κ2) is 9.20. The van der Waals surface area contributed by atoms with E-state index in [1.807, 2.05) is 40.5 Å². The first kappa shape index (κ1) is 22.2. The highest BCUT2D eigenvalue weighted by atomic mass is 35.5. The average molecular weight is 395 g/mol. The van der Waals surface area contributed by atoms with Crippen LogP contribution in [0.15, 0.2) is 30.3 Å². The van der Waals surface area contributed by atoms with Crippen LogP contribution in [0.25, 0.3) is 0 Å². The SMILES string of the molecule is CC(C(=O)NC(=O)NCC(F)(F)F)N1C[C@@H](N)[C@H](c2ccccc2)C1.Cl. The standard InChI is InChI=1S/C16H21F3N4O2.ClH/c1-10(14(24)22-15(25)21-9-16(17,18)19)23-7-12(13(20)8-23)11-5-3-2-4-6-11;/h2-6,10,12-13H,7-9,20H2,1H3,(H2,21,22,24,25);1H/t10?,12-,13+;/m0./s1. The summed E-state index contributed by atoms with van der Waals surface area (Å²) in [6, 6.07) is 7.62. The maximum absolute atomic E-state index is 12.1. The molecular formula is C16H22ClF3N4O2. The average Bonchev–Trinajstić information content (AvgIpc) is 2.94. The van der Waals surface area contributed by atoms with Gasteiger partial charge in [0.1, 0.15) is 6.54 Å². The topological polar surface area (TPSA) is 87.5 Å². The minimum absolute atomic E-state index is 0. The first-order chi connectivity index (χ1) is 11.7. The van der Waals surface area contributed by atoms with Crippen LogP contribution in [-0.2, 0) is 4.79 Å². The third-order valence-electron chi connectivity index (χ3n) is 4.23. The van der Waals surface area contributed by atoms with Crippen LogP contribution in [0.5, 0.6) is 0 Å². The molecule has 4 N–H and O–H groups in total. The van der Waals surface area contributed by atoms with Crippen LogP contribution in [0, 0.1) is 0 Å². The monoisotopic (exact) mass is 394 g/mol. The van der Waals surface area contributed by atoms with Crippen molar-refractivity contribution in [1.82, 2.24) is 15.5 Å². The van der Waals surface area contributed by atoms with E-state index in [2.05, 4.69) is 0 Å². The summed E-state index contributed by atoms with van der Waals surface area (Å²) < 4.78 is 36.2. The summed E-state index contributed by atoms with van der Waals surface area (Å²) >= 11 is 0. The van der Waals surface area contributed by atoms with E-state index in [-0.39, 0.29) is 24.4 Å². The Morgan fingerprint density at radius 1 is 1.27 bits per heavy atom. The molecule has 3 amide bonds. The van der Waals surface area contributed by atoms with Gasteiger partial charge in [-0.15, -0.1) is 12.4 Å². The molecule has 0 bridgehead atoms. The van der Waals surface area contributed by atoms with E-state index in [4.69, 9.17) is 5.73 Å². The molecule has 3 atom stereocenters. The highest BCUT2D eigenvalue weighted by molar-refractivity contribution is 5.96. The lowest BCUT2D eigenvalue weighted by Gasteiger charge is -2.23. The molecule has 146 valence electrons. The first-order valence-electron chi connectivity index (χ1n) is 7.87. The van der Waals surface area contributed by atoms with Gasteiger partial charge in [0.2, 0.25) is 5.91 Å². The summed E-state index contributed by atoms with van der Waals surface area (Å²) in [6.45, 7) is 1.08. The number of urea groups is 1. The fourth-order valence-electron chi connectivity index (χ4n) is 2.84. The predicted molar refractivity (Wildman–Crippen MR) is 93.0 cm³/mol. The molecule has 1 unspecified atom stereocenters. The fourth-order valence-corrected chi connectivity index (χ4v) is 2.84. The van der Waals surface area contributed by atoms with Crippen LogP contribution >= 0.6 is 12.4 Å². The Kier molecular flexibility index (Phi) is 7.86. The van der Waals surface area contributed by atoms with Gasteiger partial charge in [-0.05, 0) is 12.5 Å².